The van der Waals surface area contributed by atoms with E-state index in [-0.39, 0.29) is 17.1 Å². The molecule has 0 bridgehead atoms. The van der Waals surface area contributed by atoms with Crippen molar-refractivity contribution in [2.45, 2.75) is 11.4 Å². The van der Waals surface area contributed by atoms with Crippen molar-refractivity contribution in [1.82, 2.24) is 9.71 Å². The molecular formula is C12H12ClN3O2S. The lowest BCUT2D eigenvalue weighted by molar-refractivity contribution is 0.581. The van der Waals surface area contributed by atoms with Gasteiger partial charge in [-0.2, -0.15) is 0 Å². The number of nitrogens with two attached hydrogens (primary N) is 1. The minimum atomic E-state index is -3.61. The largest absolute Gasteiger partial charge is 0.397 e. The lowest BCUT2D eigenvalue weighted by Gasteiger charge is -2.08. The smallest absolute Gasteiger partial charge is 0.240 e. The van der Waals surface area contributed by atoms with Crippen LogP contribution < -0.4 is 10.5 Å². The van der Waals surface area contributed by atoms with Crippen molar-refractivity contribution >= 4 is 27.3 Å². The molecule has 0 amide bonds. The molecule has 7 heteroatoms. The molecule has 0 fully saturated rings. The molecule has 0 radical (unpaired) electrons. The van der Waals surface area contributed by atoms with Crippen LogP contribution in [0.2, 0.25) is 5.02 Å². The van der Waals surface area contributed by atoms with Gasteiger partial charge < -0.3 is 5.73 Å². The van der Waals surface area contributed by atoms with Crippen LogP contribution in [0.25, 0.3) is 0 Å². The normalized spacial score (nSPS) is 11.4. The first kappa shape index (κ1) is 13.8. The Kier molecular flexibility index (Phi) is 4.04. The SMILES string of the molecule is Nc1cc(S(=O)(=O)NCc2ccncc2)ccc1Cl. The Balaban J connectivity index is 2.16. The fraction of sp³-hybridized carbons (Fsp3) is 0.0833. The van der Waals surface area contributed by atoms with Crippen LogP contribution in [0.1, 0.15) is 5.56 Å². The third kappa shape index (κ3) is 3.44. The average Bonchev–Trinajstić information content (AvgIpc) is 2.41. The third-order valence-electron chi connectivity index (χ3n) is 2.49. The van der Waals surface area contributed by atoms with Gasteiger partial charge >= 0.3 is 0 Å². The van der Waals surface area contributed by atoms with Crippen molar-refractivity contribution in [2.24, 2.45) is 0 Å². The number of nitrogens with one attached hydrogen (secondary N) is 1. The van der Waals surface area contributed by atoms with Gasteiger partial charge in [0.1, 0.15) is 0 Å². The van der Waals surface area contributed by atoms with Gasteiger partial charge in [0.25, 0.3) is 0 Å². The molecule has 2 aromatic rings. The summed E-state index contributed by atoms with van der Waals surface area (Å²) in [5, 5.41) is 0.327. The molecule has 5 nitrogen and oxygen atoms in total. The Bertz CT molecular complexity index is 675. The molecule has 1 heterocycles. The summed E-state index contributed by atoms with van der Waals surface area (Å²) >= 11 is 5.76. The lowest BCUT2D eigenvalue weighted by atomic mass is 10.3. The van der Waals surface area contributed by atoms with E-state index in [2.05, 4.69) is 9.71 Å². The number of aromatic nitrogens is 1. The van der Waals surface area contributed by atoms with E-state index in [1.165, 1.54) is 18.2 Å². The topological polar surface area (TPSA) is 85.1 Å². The summed E-state index contributed by atoms with van der Waals surface area (Å²) in [6.07, 6.45) is 3.20. The Morgan fingerprint density at radius 2 is 1.89 bits per heavy atom. The highest BCUT2D eigenvalue weighted by Gasteiger charge is 2.14. The second-order valence-electron chi connectivity index (χ2n) is 3.86. The van der Waals surface area contributed by atoms with Gasteiger partial charge in [-0.25, -0.2) is 13.1 Å². The molecule has 0 aliphatic heterocycles. The lowest BCUT2D eigenvalue weighted by Crippen LogP contribution is -2.23. The number of hydrogen-bond donors (Lipinski definition) is 2. The number of anilines is 1. The molecule has 0 saturated heterocycles. The highest BCUT2D eigenvalue weighted by atomic mass is 35.5. The van der Waals surface area contributed by atoms with Gasteiger partial charge in [-0.3, -0.25) is 4.98 Å². The molecule has 0 aliphatic rings. The zero-order valence-electron chi connectivity index (χ0n) is 9.88. The van der Waals surface area contributed by atoms with E-state index in [1.807, 2.05) is 0 Å². The summed E-state index contributed by atoms with van der Waals surface area (Å²) in [7, 11) is -3.61. The van der Waals surface area contributed by atoms with Crippen LogP contribution in [0.15, 0.2) is 47.6 Å². The summed E-state index contributed by atoms with van der Waals surface area (Å²) < 4.78 is 26.6. The van der Waals surface area contributed by atoms with Gasteiger partial charge in [-0.1, -0.05) is 11.6 Å². The molecular weight excluding hydrogens is 286 g/mol. The summed E-state index contributed by atoms with van der Waals surface area (Å²) in [5.41, 5.74) is 6.64. The summed E-state index contributed by atoms with van der Waals surface area (Å²) in [6, 6.07) is 7.67. The number of nitrogen functional groups attached to an aromatic ring is 1. The van der Waals surface area contributed by atoms with Crippen LogP contribution in [0, 0.1) is 0 Å². The molecule has 19 heavy (non-hydrogen) atoms. The van der Waals surface area contributed by atoms with Gasteiger partial charge in [-0.15, -0.1) is 0 Å². The van der Waals surface area contributed by atoms with Gasteiger partial charge in [0.05, 0.1) is 15.6 Å². The molecule has 3 N–H and O–H groups in total. The predicted octanol–water partition coefficient (Wildman–Crippen LogP) is 1.80. The van der Waals surface area contributed by atoms with Crippen LogP contribution >= 0.6 is 11.6 Å². The zero-order valence-corrected chi connectivity index (χ0v) is 11.4. The van der Waals surface area contributed by atoms with Crippen LogP contribution in [0.3, 0.4) is 0 Å². The van der Waals surface area contributed by atoms with Crippen molar-refractivity contribution in [3.8, 4) is 0 Å². The number of benzene rings is 1. The Labute approximate surface area is 116 Å². The maximum Gasteiger partial charge on any atom is 0.240 e. The maximum atomic E-state index is 12.0. The fourth-order valence-electron chi connectivity index (χ4n) is 1.45. The molecule has 1 aromatic carbocycles. The van der Waals surface area contributed by atoms with Gasteiger partial charge in [0, 0.05) is 18.9 Å². The number of halogens is 1. The molecule has 2 rings (SSSR count). The highest BCUT2D eigenvalue weighted by Crippen LogP contribution is 2.22. The first-order valence-corrected chi connectivity index (χ1v) is 7.29. The number of rotatable bonds is 4. The van der Waals surface area contributed by atoms with Gasteiger partial charge in [-0.05, 0) is 35.9 Å². The van der Waals surface area contributed by atoms with E-state index < -0.39 is 10.0 Å². The van der Waals surface area contributed by atoms with Crippen LogP contribution in [0.5, 0.6) is 0 Å². The second-order valence-corrected chi connectivity index (χ2v) is 6.04. The Morgan fingerprint density at radius 1 is 1.21 bits per heavy atom. The quantitative estimate of drug-likeness (QED) is 0.843. The van der Waals surface area contributed by atoms with E-state index >= 15 is 0 Å². The fourth-order valence-corrected chi connectivity index (χ4v) is 2.62. The maximum absolute atomic E-state index is 12.0. The number of hydrogen-bond acceptors (Lipinski definition) is 4. The van der Waals surface area contributed by atoms with Gasteiger partial charge in [0.2, 0.25) is 10.0 Å². The summed E-state index contributed by atoms with van der Waals surface area (Å²) in [6.45, 7) is 0.188. The van der Waals surface area contributed by atoms with E-state index in [0.717, 1.165) is 5.56 Å². The van der Waals surface area contributed by atoms with Crippen molar-refractivity contribution in [3.63, 3.8) is 0 Å². The highest BCUT2D eigenvalue weighted by molar-refractivity contribution is 7.89. The molecule has 100 valence electrons. The molecule has 0 atom stereocenters. The third-order valence-corrected chi connectivity index (χ3v) is 4.24. The molecule has 0 aliphatic carbocycles. The van der Waals surface area contributed by atoms with Crippen LogP contribution in [-0.2, 0) is 16.6 Å². The van der Waals surface area contributed by atoms with Crippen LogP contribution in [-0.4, -0.2) is 13.4 Å². The monoisotopic (exact) mass is 297 g/mol. The molecule has 0 spiro atoms. The minimum Gasteiger partial charge on any atom is -0.397 e. The van der Waals surface area contributed by atoms with Crippen molar-refractivity contribution in [2.75, 3.05) is 5.73 Å². The zero-order chi connectivity index (χ0) is 13.9. The van der Waals surface area contributed by atoms with E-state index in [4.69, 9.17) is 17.3 Å². The summed E-state index contributed by atoms with van der Waals surface area (Å²) in [4.78, 5) is 3.95. The molecule has 1 aromatic heterocycles. The predicted molar refractivity (Wildman–Crippen MR) is 74.1 cm³/mol. The van der Waals surface area contributed by atoms with E-state index in [0.29, 0.717) is 5.02 Å². The van der Waals surface area contributed by atoms with E-state index in [1.54, 1.807) is 24.5 Å². The molecule has 0 saturated carbocycles. The average molecular weight is 298 g/mol. The standard InChI is InChI=1S/C12H12ClN3O2S/c13-11-2-1-10(7-12(11)14)19(17,18)16-8-9-3-5-15-6-4-9/h1-7,16H,8,14H2. The number of nitrogens with zero attached hydrogens (tertiary/aromatic N) is 1. The van der Waals surface area contributed by atoms with Crippen molar-refractivity contribution < 1.29 is 8.42 Å². The second kappa shape index (κ2) is 5.56. The molecule has 0 unspecified atom stereocenters. The van der Waals surface area contributed by atoms with Crippen molar-refractivity contribution in [1.29, 1.82) is 0 Å². The first-order chi connectivity index (χ1) is 8.99. The van der Waals surface area contributed by atoms with Crippen LogP contribution in [0.4, 0.5) is 5.69 Å². The Hall–Kier alpha value is -1.63. The summed E-state index contributed by atoms with van der Waals surface area (Å²) in [5.74, 6) is 0. The minimum absolute atomic E-state index is 0.0865. The van der Waals surface area contributed by atoms with Crippen molar-refractivity contribution in [3.05, 3.63) is 53.3 Å². The van der Waals surface area contributed by atoms with E-state index in [9.17, 15) is 8.42 Å². The number of pyridine rings is 1. The Morgan fingerprint density at radius 3 is 2.53 bits per heavy atom. The first-order valence-electron chi connectivity index (χ1n) is 5.42. The number of sulfonamides is 1. The van der Waals surface area contributed by atoms with Gasteiger partial charge in [0.15, 0.2) is 0 Å².